The molecule has 0 amide bonds. The first-order valence-electron chi connectivity index (χ1n) is 5.56. The molecule has 0 atom stereocenters. The SMILES string of the molecule is CCc1cc(CNS(=O)(=O)c2csnc2C(=O)O)on1. The van der Waals surface area contributed by atoms with Crippen LogP contribution < -0.4 is 4.72 Å². The highest BCUT2D eigenvalue weighted by atomic mass is 32.2. The summed E-state index contributed by atoms with van der Waals surface area (Å²) in [5.74, 6) is -1.04. The van der Waals surface area contributed by atoms with Crippen molar-refractivity contribution in [2.45, 2.75) is 24.8 Å². The summed E-state index contributed by atoms with van der Waals surface area (Å²) in [6, 6.07) is 1.63. The molecule has 2 aromatic rings. The highest BCUT2D eigenvalue weighted by Crippen LogP contribution is 2.17. The van der Waals surface area contributed by atoms with Gasteiger partial charge in [0.1, 0.15) is 4.90 Å². The number of hydrogen-bond donors (Lipinski definition) is 2. The molecule has 0 aliphatic rings. The minimum atomic E-state index is -3.96. The number of aromatic nitrogens is 2. The van der Waals surface area contributed by atoms with Crippen molar-refractivity contribution in [1.82, 2.24) is 14.3 Å². The van der Waals surface area contributed by atoms with Crippen molar-refractivity contribution in [3.8, 4) is 0 Å². The van der Waals surface area contributed by atoms with Gasteiger partial charge in [0, 0.05) is 11.4 Å². The highest BCUT2D eigenvalue weighted by Gasteiger charge is 2.25. The molecule has 8 nitrogen and oxygen atoms in total. The molecule has 0 aliphatic heterocycles. The molecule has 2 N–H and O–H groups in total. The van der Waals surface area contributed by atoms with E-state index in [9.17, 15) is 13.2 Å². The monoisotopic (exact) mass is 317 g/mol. The molecular formula is C10H11N3O5S2. The van der Waals surface area contributed by atoms with Crippen molar-refractivity contribution in [2.24, 2.45) is 0 Å². The zero-order valence-electron chi connectivity index (χ0n) is 10.4. The average Bonchev–Trinajstić information content (AvgIpc) is 3.05. The molecule has 0 bridgehead atoms. The van der Waals surface area contributed by atoms with Gasteiger partial charge in [-0.1, -0.05) is 12.1 Å². The fourth-order valence-electron chi connectivity index (χ4n) is 1.41. The van der Waals surface area contributed by atoms with Crippen molar-refractivity contribution in [3.63, 3.8) is 0 Å². The van der Waals surface area contributed by atoms with Crippen LogP contribution in [0.4, 0.5) is 0 Å². The maximum Gasteiger partial charge on any atom is 0.357 e. The van der Waals surface area contributed by atoms with E-state index >= 15 is 0 Å². The van der Waals surface area contributed by atoms with E-state index in [2.05, 4.69) is 14.3 Å². The summed E-state index contributed by atoms with van der Waals surface area (Å²) in [5, 5.41) is 13.8. The van der Waals surface area contributed by atoms with E-state index in [4.69, 9.17) is 9.63 Å². The normalized spacial score (nSPS) is 11.7. The van der Waals surface area contributed by atoms with E-state index in [0.29, 0.717) is 17.9 Å². The fourth-order valence-corrected chi connectivity index (χ4v) is 3.52. The van der Waals surface area contributed by atoms with Crippen molar-refractivity contribution in [1.29, 1.82) is 0 Å². The van der Waals surface area contributed by atoms with E-state index in [1.54, 1.807) is 6.07 Å². The number of aryl methyl sites for hydroxylation is 1. The molecule has 0 aliphatic carbocycles. The summed E-state index contributed by atoms with van der Waals surface area (Å²) < 4.78 is 34.7. The van der Waals surface area contributed by atoms with Gasteiger partial charge in [-0.2, -0.15) is 4.37 Å². The molecule has 20 heavy (non-hydrogen) atoms. The Morgan fingerprint density at radius 2 is 2.30 bits per heavy atom. The Balaban J connectivity index is 2.15. The van der Waals surface area contributed by atoms with E-state index in [0.717, 1.165) is 11.5 Å². The molecule has 2 heterocycles. The molecule has 2 aromatic heterocycles. The number of carbonyl (C=O) groups is 1. The van der Waals surface area contributed by atoms with Gasteiger partial charge >= 0.3 is 5.97 Å². The number of carboxylic acid groups (broad SMARTS) is 1. The first-order chi connectivity index (χ1) is 9.44. The second-order valence-corrected chi connectivity index (χ2v) is 6.16. The Hall–Kier alpha value is -1.78. The predicted octanol–water partition coefficient (Wildman–Crippen LogP) is 0.870. The lowest BCUT2D eigenvalue weighted by molar-refractivity contribution is 0.0687. The lowest BCUT2D eigenvalue weighted by Gasteiger charge is -2.03. The fraction of sp³-hybridized carbons (Fsp3) is 0.300. The first kappa shape index (κ1) is 14.6. The third-order valence-corrected chi connectivity index (χ3v) is 4.63. The van der Waals surface area contributed by atoms with Gasteiger partial charge < -0.3 is 9.63 Å². The Kier molecular flexibility index (Phi) is 4.16. The highest BCUT2D eigenvalue weighted by molar-refractivity contribution is 7.89. The van der Waals surface area contributed by atoms with Crippen LogP contribution in [0.5, 0.6) is 0 Å². The number of aromatic carboxylic acids is 1. The van der Waals surface area contributed by atoms with Gasteiger partial charge in [-0.3, -0.25) is 0 Å². The first-order valence-corrected chi connectivity index (χ1v) is 7.88. The topological polar surface area (TPSA) is 122 Å². The summed E-state index contributed by atoms with van der Waals surface area (Å²) in [4.78, 5) is 10.5. The second kappa shape index (κ2) is 5.69. The smallest absolute Gasteiger partial charge is 0.357 e. The molecule has 0 fully saturated rings. The van der Waals surface area contributed by atoms with Gasteiger partial charge in [-0.25, -0.2) is 17.9 Å². The number of hydrogen-bond acceptors (Lipinski definition) is 7. The van der Waals surface area contributed by atoms with E-state index in [1.165, 1.54) is 5.38 Å². The lowest BCUT2D eigenvalue weighted by Crippen LogP contribution is -2.24. The summed E-state index contributed by atoms with van der Waals surface area (Å²) >= 11 is 0.765. The van der Waals surface area contributed by atoms with Gasteiger partial charge in [-0.05, 0) is 18.0 Å². The quantitative estimate of drug-likeness (QED) is 0.810. The zero-order chi connectivity index (χ0) is 14.8. The van der Waals surface area contributed by atoms with Gasteiger partial charge in [0.2, 0.25) is 10.0 Å². The Morgan fingerprint density at radius 3 is 2.90 bits per heavy atom. The molecule has 0 radical (unpaired) electrons. The third kappa shape index (κ3) is 3.03. The van der Waals surface area contributed by atoms with Crippen LogP contribution in [-0.2, 0) is 23.0 Å². The molecular weight excluding hydrogens is 306 g/mol. The van der Waals surface area contributed by atoms with Crippen LogP contribution in [0.15, 0.2) is 20.9 Å². The third-order valence-electron chi connectivity index (χ3n) is 2.44. The number of nitrogens with one attached hydrogen (secondary N) is 1. The predicted molar refractivity (Wildman–Crippen MR) is 69.0 cm³/mol. The molecule has 10 heteroatoms. The van der Waals surface area contributed by atoms with Crippen LogP contribution in [0, 0.1) is 0 Å². The van der Waals surface area contributed by atoms with Crippen molar-refractivity contribution < 1.29 is 22.8 Å². The van der Waals surface area contributed by atoms with Gasteiger partial charge in [-0.15, -0.1) is 0 Å². The maximum atomic E-state index is 12.0. The van der Waals surface area contributed by atoms with Crippen LogP contribution >= 0.6 is 11.5 Å². The van der Waals surface area contributed by atoms with Gasteiger partial charge in [0.25, 0.3) is 0 Å². The number of nitrogens with zero attached hydrogens (tertiary/aromatic N) is 2. The average molecular weight is 317 g/mol. The number of rotatable bonds is 6. The number of carboxylic acids is 1. The van der Waals surface area contributed by atoms with Gasteiger partial charge in [0.15, 0.2) is 11.5 Å². The molecule has 0 saturated heterocycles. The van der Waals surface area contributed by atoms with Crippen molar-refractivity contribution in [2.75, 3.05) is 0 Å². The Bertz CT molecular complexity index is 719. The molecule has 0 unspecified atom stereocenters. The molecule has 2 rings (SSSR count). The minimum absolute atomic E-state index is 0.107. The summed E-state index contributed by atoms with van der Waals surface area (Å²) in [6.07, 6.45) is 0.674. The maximum absolute atomic E-state index is 12.0. The zero-order valence-corrected chi connectivity index (χ0v) is 12.0. The lowest BCUT2D eigenvalue weighted by atomic mass is 10.3. The van der Waals surface area contributed by atoms with E-state index in [-0.39, 0.29) is 11.4 Å². The van der Waals surface area contributed by atoms with Gasteiger partial charge in [0.05, 0.1) is 12.2 Å². The van der Waals surface area contributed by atoms with Crippen LogP contribution in [0.25, 0.3) is 0 Å². The van der Waals surface area contributed by atoms with E-state index < -0.39 is 21.7 Å². The van der Waals surface area contributed by atoms with Crippen LogP contribution in [0.2, 0.25) is 0 Å². The van der Waals surface area contributed by atoms with Crippen molar-refractivity contribution in [3.05, 3.63) is 28.6 Å². The van der Waals surface area contributed by atoms with Crippen LogP contribution in [-0.4, -0.2) is 29.0 Å². The Labute approximate surface area is 118 Å². The molecule has 0 aromatic carbocycles. The molecule has 0 spiro atoms. The number of sulfonamides is 1. The summed E-state index contributed by atoms with van der Waals surface area (Å²) in [6.45, 7) is 1.78. The van der Waals surface area contributed by atoms with Crippen molar-refractivity contribution >= 4 is 27.5 Å². The standard InChI is InChI=1S/C10H11N3O5S2/c1-2-6-3-7(18-12-6)4-11-20(16,17)8-5-19-13-9(8)10(14)15/h3,5,11H,2,4H2,1H3,(H,14,15). The Morgan fingerprint density at radius 1 is 1.55 bits per heavy atom. The van der Waals surface area contributed by atoms with Crippen LogP contribution in [0.1, 0.15) is 28.9 Å². The van der Waals surface area contributed by atoms with E-state index in [1.807, 2.05) is 6.92 Å². The summed E-state index contributed by atoms with van der Waals surface area (Å²) in [5.41, 5.74) is 0.219. The molecule has 0 saturated carbocycles. The van der Waals surface area contributed by atoms with Crippen LogP contribution in [0.3, 0.4) is 0 Å². The molecule has 108 valence electrons. The largest absolute Gasteiger partial charge is 0.476 e. The summed E-state index contributed by atoms with van der Waals surface area (Å²) in [7, 11) is -3.96. The minimum Gasteiger partial charge on any atom is -0.476 e. The second-order valence-electron chi connectivity index (χ2n) is 3.80.